The van der Waals surface area contributed by atoms with Gasteiger partial charge in [0.05, 0.1) is 24.7 Å². The van der Waals surface area contributed by atoms with E-state index in [0.29, 0.717) is 41.8 Å². The number of sulfonamides is 1. The summed E-state index contributed by atoms with van der Waals surface area (Å²) in [6.07, 6.45) is 2.46. The van der Waals surface area contributed by atoms with E-state index in [1.807, 2.05) is 26.0 Å². The molecule has 0 N–H and O–H groups in total. The zero-order valence-electron chi connectivity index (χ0n) is 19.4. The molecule has 8 nitrogen and oxygen atoms in total. The molecule has 0 atom stereocenters. The SMILES string of the molecule is CC(C)OCc1c(C(=O)OCC(=O)c2ccc3c(c2)CCCN3S(C)(=O)=O)oc2ccccc12. The number of carbonyl (C=O) groups is 2. The zero-order chi connectivity index (χ0) is 24.5. The number of hydrogen-bond donors (Lipinski definition) is 0. The molecule has 1 aromatic heterocycles. The summed E-state index contributed by atoms with van der Waals surface area (Å²) in [5.41, 5.74) is 2.83. The summed E-state index contributed by atoms with van der Waals surface area (Å²) in [6.45, 7) is 3.92. The highest BCUT2D eigenvalue weighted by atomic mass is 32.2. The first-order valence-corrected chi connectivity index (χ1v) is 12.9. The molecule has 0 saturated carbocycles. The number of hydrogen-bond acceptors (Lipinski definition) is 7. The number of esters is 1. The van der Waals surface area contributed by atoms with Crippen LogP contribution in [-0.2, 0) is 32.5 Å². The second-order valence-corrected chi connectivity index (χ2v) is 10.5. The molecule has 9 heteroatoms. The van der Waals surface area contributed by atoms with Gasteiger partial charge in [-0.25, -0.2) is 13.2 Å². The minimum atomic E-state index is -3.39. The van der Waals surface area contributed by atoms with Gasteiger partial charge in [-0.3, -0.25) is 9.10 Å². The van der Waals surface area contributed by atoms with Gasteiger partial charge >= 0.3 is 5.97 Å². The molecule has 3 aromatic rings. The Balaban J connectivity index is 1.50. The molecule has 0 saturated heterocycles. The van der Waals surface area contributed by atoms with E-state index in [0.717, 1.165) is 10.9 Å². The van der Waals surface area contributed by atoms with E-state index >= 15 is 0 Å². The van der Waals surface area contributed by atoms with E-state index in [4.69, 9.17) is 13.9 Å². The monoisotopic (exact) mass is 485 g/mol. The number of rotatable bonds is 8. The molecule has 1 aliphatic heterocycles. The first-order chi connectivity index (χ1) is 16.1. The molecule has 34 heavy (non-hydrogen) atoms. The lowest BCUT2D eigenvalue weighted by atomic mass is 9.99. The van der Waals surface area contributed by atoms with Crippen molar-refractivity contribution >= 4 is 38.4 Å². The maximum atomic E-state index is 12.8. The average Bonchev–Trinajstić information content (AvgIpc) is 3.18. The number of para-hydroxylation sites is 1. The third-order valence-corrected chi connectivity index (χ3v) is 6.84. The van der Waals surface area contributed by atoms with E-state index in [9.17, 15) is 18.0 Å². The lowest BCUT2D eigenvalue weighted by Gasteiger charge is -2.29. The van der Waals surface area contributed by atoms with Crippen molar-refractivity contribution in [3.05, 3.63) is 64.9 Å². The summed E-state index contributed by atoms with van der Waals surface area (Å²) >= 11 is 0. The van der Waals surface area contributed by atoms with Crippen molar-refractivity contribution in [3.8, 4) is 0 Å². The van der Waals surface area contributed by atoms with E-state index in [-0.39, 0.29) is 24.3 Å². The van der Waals surface area contributed by atoms with Crippen LogP contribution in [0.3, 0.4) is 0 Å². The van der Waals surface area contributed by atoms with Crippen LogP contribution in [0.25, 0.3) is 11.0 Å². The number of benzene rings is 2. The molecule has 1 aliphatic rings. The van der Waals surface area contributed by atoms with Crippen molar-refractivity contribution in [1.82, 2.24) is 0 Å². The van der Waals surface area contributed by atoms with Gasteiger partial charge in [0.15, 0.2) is 12.4 Å². The van der Waals surface area contributed by atoms with Crippen LogP contribution < -0.4 is 4.31 Å². The van der Waals surface area contributed by atoms with Crippen LogP contribution in [0.1, 0.15) is 52.3 Å². The fraction of sp³-hybridized carbons (Fsp3) is 0.360. The molecule has 2 heterocycles. The minimum absolute atomic E-state index is 0.0175. The van der Waals surface area contributed by atoms with Crippen molar-refractivity contribution < 1.29 is 31.9 Å². The van der Waals surface area contributed by atoms with Gasteiger partial charge < -0.3 is 13.9 Å². The van der Waals surface area contributed by atoms with Crippen molar-refractivity contribution in [2.45, 2.75) is 39.4 Å². The molecule has 0 bridgehead atoms. The van der Waals surface area contributed by atoms with E-state index in [1.54, 1.807) is 30.3 Å². The lowest BCUT2D eigenvalue weighted by Crippen LogP contribution is -2.34. The van der Waals surface area contributed by atoms with Gasteiger partial charge in [-0.05, 0) is 56.5 Å². The summed E-state index contributed by atoms with van der Waals surface area (Å²) in [4.78, 5) is 25.6. The molecule has 0 fully saturated rings. The summed E-state index contributed by atoms with van der Waals surface area (Å²) < 4.78 is 42.1. The Kier molecular flexibility index (Phi) is 6.77. The molecular weight excluding hydrogens is 458 g/mol. The molecule has 0 aliphatic carbocycles. The summed E-state index contributed by atoms with van der Waals surface area (Å²) in [5, 5.41) is 0.756. The van der Waals surface area contributed by atoms with Crippen molar-refractivity contribution in [1.29, 1.82) is 0 Å². The van der Waals surface area contributed by atoms with Crippen LogP contribution in [0.2, 0.25) is 0 Å². The molecule has 0 spiro atoms. The van der Waals surface area contributed by atoms with Crippen molar-refractivity contribution in [2.75, 3.05) is 23.7 Å². The molecule has 2 aromatic carbocycles. The van der Waals surface area contributed by atoms with Crippen LogP contribution in [-0.4, -0.2) is 45.7 Å². The Morgan fingerprint density at radius 1 is 1.15 bits per heavy atom. The summed E-state index contributed by atoms with van der Waals surface area (Å²) in [5.74, 6) is -1.11. The Labute approximate surface area is 198 Å². The van der Waals surface area contributed by atoms with Crippen LogP contribution in [0, 0.1) is 0 Å². The normalized spacial score (nSPS) is 13.8. The van der Waals surface area contributed by atoms with Crippen LogP contribution in [0.4, 0.5) is 5.69 Å². The molecule has 0 amide bonds. The fourth-order valence-electron chi connectivity index (χ4n) is 4.02. The first kappa shape index (κ1) is 24.0. The van der Waals surface area contributed by atoms with Crippen LogP contribution in [0.5, 0.6) is 0 Å². The number of nitrogens with zero attached hydrogens (tertiary/aromatic N) is 1. The molecule has 0 unspecified atom stereocenters. The van der Waals surface area contributed by atoms with Gasteiger partial charge in [0.1, 0.15) is 5.58 Å². The highest BCUT2D eigenvalue weighted by molar-refractivity contribution is 7.92. The number of carbonyl (C=O) groups excluding carboxylic acids is 2. The Morgan fingerprint density at radius 2 is 1.91 bits per heavy atom. The standard InChI is InChI=1S/C25H27NO7S/c1-16(2)31-14-20-19-8-4-5-9-23(19)33-24(20)25(28)32-15-22(27)18-10-11-21-17(13-18)7-6-12-26(21)34(3,29)30/h4-5,8-11,13,16H,6-7,12,14-15H2,1-3H3. The number of fused-ring (bicyclic) bond motifs is 2. The summed E-state index contributed by atoms with van der Waals surface area (Å²) in [7, 11) is -3.39. The Hall–Kier alpha value is -3.17. The fourth-order valence-corrected chi connectivity index (χ4v) is 5.01. The predicted molar refractivity (Wildman–Crippen MR) is 128 cm³/mol. The number of anilines is 1. The Morgan fingerprint density at radius 3 is 2.65 bits per heavy atom. The number of ether oxygens (including phenoxy) is 2. The third kappa shape index (κ3) is 5.00. The lowest BCUT2D eigenvalue weighted by molar-refractivity contribution is 0.0423. The highest BCUT2D eigenvalue weighted by Crippen LogP contribution is 2.30. The number of Topliss-reactive ketones (excluding diaryl/α,β-unsaturated/α-hetero) is 1. The first-order valence-electron chi connectivity index (χ1n) is 11.1. The quantitative estimate of drug-likeness (QED) is 0.349. The maximum Gasteiger partial charge on any atom is 0.375 e. The van der Waals surface area contributed by atoms with Crippen LogP contribution >= 0.6 is 0 Å². The van der Waals surface area contributed by atoms with E-state index < -0.39 is 22.6 Å². The highest BCUT2D eigenvalue weighted by Gasteiger charge is 2.26. The van der Waals surface area contributed by atoms with Gasteiger partial charge in [0.25, 0.3) is 0 Å². The zero-order valence-corrected chi connectivity index (χ0v) is 20.2. The largest absolute Gasteiger partial charge is 0.451 e. The Bertz CT molecular complexity index is 1340. The topological polar surface area (TPSA) is 103 Å². The maximum absolute atomic E-state index is 12.8. The third-order valence-electron chi connectivity index (χ3n) is 5.66. The van der Waals surface area contributed by atoms with Gasteiger partial charge in [0, 0.05) is 23.1 Å². The molecular formula is C25H27NO7S. The van der Waals surface area contributed by atoms with Gasteiger partial charge in [0.2, 0.25) is 15.8 Å². The average molecular weight is 486 g/mol. The molecule has 180 valence electrons. The predicted octanol–water partition coefficient (Wildman–Crippen LogP) is 4.11. The number of furan rings is 1. The van der Waals surface area contributed by atoms with E-state index in [2.05, 4.69) is 0 Å². The summed E-state index contributed by atoms with van der Waals surface area (Å²) in [6, 6.07) is 12.1. The van der Waals surface area contributed by atoms with Gasteiger partial charge in [-0.1, -0.05) is 18.2 Å². The molecule has 0 radical (unpaired) electrons. The molecule has 4 rings (SSSR count). The minimum Gasteiger partial charge on any atom is -0.451 e. The second kappa shape index (κ2) is 9.60. The number of ketones is 1. The second-order valence-electron chi connectivity index (χ2n) is 8.55. The van der Waals surface area contributed by atoms with Crippen molar-refractivity contribution in [3.63, 3.8) is 0 Å². The van der Waals surface area contributed by atoms with Gasteiger partial charge in [-0.15, -0.1) is 0 Å². The number of aryl methyl sites for hydroxylation is 1. The van der Waals surface area contributed by atoms with Crippen LogP contribution in [0.15, 0.2) is 46.9 Å². The van der Waals surface area contributed by atoms with Crippen molar-refractivity contribution in [2.24, 2.45) is 0 Å². The smallest absolute Gasteiger partial charge is 0.375 e. The van der Waals surface area contributed by atoms with Gasteiger partial charge in [-0.2, -0.15) is 0 Å². The van der Waals surface area contributed by atoms with E-state index in [1.165, 1.54) is 10.6 Å².